The first-order valence-electron chi connectivity index (χ1n) is 6.07. The predicted octanol–water partition coefficient (Wildman–Crippen LogP) is 0.519. The molecule has 7 heteroatoms. The second-order valence-electron chi connectivity index (χ2n) is 4.58. The topological polar surface area (TPSA) is 73.2 Å². The number of nitrogens with zero attached hydrogens (tertiary/aromatic N) is 2. The molecule has 1 aliphatic heterocycles. The fraction of sp³-hybridized carbons (Fsp3) is 0.727. The Kier molecular flexibility index (Phi) is 4.23. The predicted molar refractivity (Wildman–Crippen MR) is 69.4 cm³/mol. The summed E-state index contributed by atoms with van der Waals surface area (Å²) in [6.07, 6.45) is 5.22. The molecule has 1 fully saturated rings. The molecule has 2 rings (SSSR count). The number of methoxy groups -OCH3 is 1. The number of rotatable bonds is 5. The van der Waals surface area contributed by atoms with E-state index in [2.05, 4.69) is 10.4 Å². The van der Waals surface area contributed by atoms with Gasteiger partial charge in [0.05, 0.1) is 36.5 Å². The summed E-state index contributed by atoms with van der Waals surface area (Å²) in [6, 6.07) is 0.00354. The van der Waals surface area contributed by atoms with E-state index < -0.39 is 9.84 Å². The molecule has 1 N–H and O–H groups in total. The molecule has 0 amide bonds. The van der Waals surface area contributed by atoms with Gasteiger partial charge < -0.3 is 10.1 Å². The molecule has 1 atom stereocenters. The summed E-state index contributed by atoms with van der Waals surface area (Å²) < 4.78 is 29.8. The average molecular weight is 273 g/mol. The summed E-state index contributed by atoms with van der Waals surface area (Å²) in [7, 11) is -1.22. The van der Waals surface area contributed by atoms with Gasteiger partial charge >= 0.3 is 0 Å². The van der Waals surface area contributed by atoms with E-state index in [0.717, 1.165) is 18.5 Å². The molecule has 0 radical (unpaired) electrons. The summed E-state index contributed by atoms with van der Waals surface area (Å²) in [5.41, 5.74) is 0.869. The fourth-order valence-corrected chi connectivity index (χ4v) is 3.75. The van der Waals surface area contributed by atoms with Crippen LogP contribution in [0.1, 0.15) is 12.8 Å². The van der Waals surface area contributed by atoms with Gasteiger partial charge in [0.2, 0.25) is 0 Å². The smallest absolute Gasteiger partial charge is 0.152 e. The van der Waals surface area contributed by atoms with Gasteiger partial charge in [-0.05, 0) is 12.8 Å². The minimum absolute atomic E-state index is 0.00354. The highest BCUT2D eigenvalue weighted by atomic mass is 32.2. The van der Waals surface area contributed by atoms with E-state index in [9.17, 15) is 8.42 Å². The number of aromatic nitrogens is 2. The number of hydrogen-bond donors (Lipinski definition) is 1. The second-order valence-corrected chi connectivity index (χ2v) is 6.81. The molecular weight excluding hydrogens is 254 g/mol. The normalized spacial score (nSPS) is 22.8. The van der Waals surface area contributed by atoms with Crippen molar-refractivity contribution in [1.29, 1.82) is 0 Å². The lowest BCUT2D eigenvalue weighted by molar-refractivity contribution is 0.183. The third-order valence-corrected chi connectivity index (χ3v) is 4.81. The summed E-state index contributed by atoms with van der Waals surface area (Å²) in [5, 5.41) is 7.41. The second kappa shape index (κ2) is 5.71. The monoisotopic (exact) mass is 273 g/mol. The maximum absolute atomic E-state index is 11.5. The van der Waals surface area contributed by atoms with Crippen molar-refractivity contribution in [1.82, 2.24) is 9.78 Å². The summed E-state index contributed by atoms with van der Waals surface area (Å²) in [4.78, 5) is 0. The Bertz CT molecular complexity index is 483. The zero-order chi connectivity index (χ0) is 13.0. The molecule has 0 saturated carbocycles. The van der Waals surface area contributed by atoms with Crippen molar-refractivity contribution in [3.05, 3.63) is 12.4 Å². The number of hydrogen-bond acceptors (Lipinski definition) is 5. The maximum Gasteiger partial charge on any atom is 0.152 e. The first-order valence-corrected chi connectivity index (χ1v) is 7.89. The van der Waals surface area contributed by atoms with Crippen molar-refractivity contribution >= 4 is 15.5 Å². The quantitative estimate of drug-likeness (QED) is 0.846. The molecular formula is C11H19N3O3S. The Labute approximate surface area is 107 Å². The lowest BCUT2D eigenvalue weighted by atomic mass is 10.2. The van der Waals surface area contributed by atoms with Gasteiger partial charge in [0.15, 0.2) is 9.84 Å². The Morgan fingerprint density at radius 2 is 2.44 bits per heavy atom. The standard InChI is InChI=1S/C11H19N3O3S/c1-17-5-4-14-8-11(7-12-14)13-10-3-2-6-18(15,16)9-10/h7-8,10,13H,2-6,9H2,1H3. The summed E-state index contributed by atoms with van der Waals surface area (Å²) in [6.45, 7) is 1.31. The first kappa shape index (κ1) is 13.4. The van der Waals surface area contributed by atoms with Crippen molar-refractivity contribution in [2.45, 2.75) is 25.4 Å². The Hall–Kier alpha value is -1.08. The van der Waals surface area contributed by atoms with E-state index in [1.165, 1.54) is 0 Å². The largest absolute Gasteiger partial charge is 0.383 e. The van der Waals surface area contributed by atoms with Crippen LogP contribution in [0.15, 0.2) is 12.4 Å². The van der Waals surface area contributed by atoms with Crippen LogP contribution >= 0.6 is 0 Å². The van der Waals surface area contributed by atoms with Crippen LogP contribution in [0.2, 0.25) is 0 Å². The third kappa shape index (κ3) is 3.71. The Morgan fingerprint density at radius 1 is 1.61 bits per heavy atom. The number of sulfone groups is 1. The molecule has 1 aliphatic rings. The van der Waals surface area contributed by atoms with Gasteiger partial charge in [-0.1, -0.05) is 0 Å². The zero-order valence-corrected chi connectivity index (χ0v) is 11.3. The van der Waals surface area contributed by atoms with E-state index >= 15 is 0 Å². The van der Waals surface area contributed by atoms with Crippen LogP contribution in [0, 0.1) is 0 Å². The van der Waals surface area contributed by atoms with Crippen LogP contribution in [-0.4, -0.2) is 49.5 Å². The van der Waals surface area contributed by atoms with Crippen molar-refractivity contribution in [3.63, 3.8) is 0 Å². The molecule has 6 nitrogen and oxygen atoms in total. The summed E-state index contributed by atoms with van der Waals surface area (Å²) in [5.74, 6) is 0.536. The first-order chi connectivity index (χ1) is 8.59. The molecule has 0 aliphatic carbocycles. The maximum atomic E-state index is 11.5. The number of anilines is 1. The molecule has 0 spiro atoms. The van der Waals surface area contributed by atoms with Gasteiger partial charge in [0, 0.05) is 19.3 Å². The molecule has 1 saturated heterocycles. The van der Waals surface area contributed by atoms with Gasteiger partial charge in [0.1, 0.15) is 0 Å². The van der Waals surface area contributed by atoms with Crippen LogP contribution < -0.4 is 5.32 Å². The lowest BCUT2D eigenvalue weighted by Gasteiger charge is -2.23. The van der Waals surface area contributed by atoms with Crippen LogP contribution in [0.3, 0.4) is 0 Å². The van der Waals surface area contributed by atoms with Crippen molar-refractivity contribution in [2.75, 3.05) is 30.5 Å². The Morgan fingerprint density at radius 3 is 3.17 bits per heavy atom. The van der Waals surface area contributed by atoms with Gasteiger partial charge in [-0.2, -0.15) is 5.10 Å². The summed E-state index contributed by atoms with van der Waals surface area (Å²) >= 11 is 0. The highest BCUT2D eigenvalue weighted by Crippen LogP contribution is 2.17. The zero-order valence-electron chi connectivity index (χ0n) is 10.5. The van der Waals surface area contributed by atoms with Crippen molar-refractivity contribution in [3.8, 4) is 0 Å². The van der Waals surface area contributed by atoms with Crippen molar-refractivity contribution < 1.29 is 13.2 Å². The van der Waals surface area contributed by atoms with Crippen LogP contribution in [0.25, 0.3) is 0 Å². The molecule has 1 aromatic heterocycles. The molecule has 18 heavy (non-hydrogen) atoms. The van der Waals surface area contributed by atoms with Crippen LogP contribution in [0.5, 0.6) is 0 Å². The highest BCUT2D eigenvalue weighted by Gasteiger charge is 2.24. The molecule has 0 bridgehead atoms. The molecule has 2 heterocycles. The minimum Gasteiger partial charge on any atom is -0.383 e. The van der Waals surface area contributed by atoms with E-state index in [-0.39, 0.29) is 11.8 Å². The van der Waals surface area contributed by atoms with Crippen molar-refractivity contribution in [2.24, 2.45) is 0 Å². The lowest BCUT2D eigenvalue weighted by Crippen LogP contribution is -2.34. The molecule has 102 valence electrons. The van der Waals surface area contributed by atoms with E-state index in [4.69, 9.17) is 4.74 Å². The van der Waals surface area contributed by atoms with Gasteiger partial charge in [-0.15, -0.1) is 0 Å². The van der Waals surface area contributed by atoms with Crippen LogP contribution in [-0.2, 0) is 21.1 Å². The molecule has 1 aromatic rings. The van der Waals surface area contributed by atoms with Gasteiger partial charge in [0.25, 0.3) is 0 Å². The van der Waals surface area contributed by atoms with Crippen LogP contribution in [0.4, 0.5) is 5.69 Å². The molecule has 0 aromatic carbocycles. The minimum atomic E-state index is -2.87. The highest BCUT2D eigenvalue weighted by molar-refractivity contribution is 7.91. The van der Waals surface area contributed by atoms with E-state index in [1.54, 1.807) is 18.0 Å². The molecule has 1 unspecified atom stereocenters. The number of nitrogens with one attached hydrogen (secondary N) is 1. The Balaban J connectivity index is 1.91. The van der Waals surface area contributed by atoms with Gasteiger partial charge in [-0.3, -0.25) is 4.68 Å². The SMILES string of the molecule is COCCn1cc(NC2CCCS(=O)(=O)C2)cn1. The van der Waals surface area contributed by atoms with E-state index in [0.29, 0.717) is 18.9 Å². The average Bonchev–Trinajstić information content (AvgIpc) is 2.73. The van der Waals surface area contributed by atoms with E-state index in [1.807, 2.05) is 6.20 Å². The third-order valence-electron chi connectivity index (χ3n) is 2.99. The fourth-order valence-electron chi connectivity index (χ4n) is 2.12. The van der Waals surface area contributed by atoms with Gasteiger partial charge in [-0.25, -0.2) is 8.42 Å². The number of ether oxygens (including phenoxy) is 1.